The number of ether oxygens (including phenoxy) is 1. The van der Waals surface area contributed by atoms with Crippen molar-refractivity contribution in [3.05, 3.63) is 12.2 Å². The Morgan fingerprint density at radius 3 is 2.33 bits per heavy atom. The van der Waals surface area contributed by atoms with Gasteiger partial charge in [0.05, 0.1) is 11.6 Å². The van der Waals surface area contributed by atoms with Crippen molar-refractivity contribution in [3.8, 4) is 0 Å². The van der Waals surface area contributed by atoms with Gasteiger partial charge in [0.2, 0.25) is 0 Å². The van der Waals surface area contributed by atoms with Crippen LogP contribution in [0.25, 0.3) is 0 Å². The lowest BCUT2D eigenvalue weighted by atomic mass is 9.88. The van der Waals surface area contributed by atoms with Crippen LogP contribution in [0.5, 0.6) is 0 Å². The van der Waals surface area contributed by atoms with Gasteiger partial charge in [0.15, 0.2) is 0 Å². The summed E-state index contributed by atoms with van der Waals surface area (Å²) in [5.41, 5.74) is 6.96. The monoisotopic (exact) mass is 169 g/mol. The molecule has 70 valence electrons. The summed E-state index contributed by atoms with van der Waals surface area (Å²) in [6.45, 7) is 5.86. The van der Waals surface area contributed by atoms with Gasteiger partial charge in [0, 0.05) is 7.11 Å². The predicted octanol–water partition coefficient (Wildman–Crippen LogP) is 1.85. The second kappa shape index (κ2) is 3.58. The van der Waals surface area contributed by atoms with Crippen molar-refractivity contribution in [2.24, 2.45) is 5.73 Å². The molecule has 12 heavy (non-hydrogen) atoms. The first-order chi connectivity index (χ1) is 5.62. The molecule has 0 spiro atoms. The summed E-state index contributed by atoms with van der Waals surface area (Å²) in [5, 5.41) is 0. The standard InChI is InChI=1S/C10H19NO/c1-8(2)9(11)10(12-3)6-4-5-7-10/h9H,1,4-7,11H2,2-3H3. The zero-order valence-electron chi connectivity index (χ0n) is 8.10. The summed E-state index contributed by atoms with van der Waals surface area (Å²) in [6, 6.07) is 0.00463. The van der Waals surface area contributed by atoms with Crippen LogP contribution in [0.1, 0.15) is 32.6 Å². The van der Waals surface area contributed by atoms with E-state index in [4.69, 9.17) is 10.5 Å². The average Bonchev–Trinajstić information content (AvgIpc) is 2.52. The van der Waals surface area contributed by atoms with E-state index in [0.717, 1.165) is 18.4 Å². The zero-order valence-corrected chi connectivity index (χ0v) is 8.10. The van der Waals surface area contributed by atoms with E-state index in [1.165, 1.54) is 12.8 Å². The highest BCUT2D eigenvalue weighted by Crippen LogP contribution is 2.36. The minimum Gasteiger partial charge on any atom is -0.376 e. The molecule has 1 atom stereocenters. The molecule has 0 amide bonds. The predicted molar refractivity (Wildman–Crippen MR) is 51.0 cm³/mol. The Hall–Kier alpha value is -0.340. The average molecular weight is 169 g/mol. The molecule has 2 nitrogen and oxygen atoms in total. The Bertz CT molecular complexity index is 171. The van der Waals surface area contributed by atoms with Crippen molar-refractivity contribution in [2.45, 2.75) is 44.2 Å². The molecule has 0 aromatic rings. The van der Waals surface area contributed by atoms with Gasteiger partial charge in [-0.25, -0.2) is 0 Å². The normalized spacial score (nSPS) is 23.9. The van der Waals surface area contributed by atoms with Crippen LogP contribution in [0.2, 0.25) is 0 Å². The Labute approximate surface area is 74.8 Å². The lowest BCUT2D eigenvalue weighted by Gasteiger charge is -2.34. The molecule has 0 saturated heterocycles. The topological polar surface area (TPSA) is 35.2 Å². The number of nitrogens with two attached hydrogens (primary N) is 1. The molecule has 1 aliphatic carbocycles. The fourth-order valence-corrected chi connectivity index (χ4v) is 2.06. The summed E-state index contributed by atoms with van der Waals surface area (Å²) in [6.07, 6.45) is 4.62. The fourth-order valence-electron chi connectivity index (χ4n) is 2.06. The van der Waals surface area contributed by atoms with Gasteiger partial charge < -0.3 is 10.5 Å². The molecule has 1 aliphatic rings. The third-order valence-corrected chi connectivity index (χ3v) is 2.95. The number of rotatable bonds is 3. The summed E-state index contributed by atoms with van der Waals surface area (Å²) < 4.78 is 5.54. The Morgan fingerprint density at radius 2 is 2.00 bits per heavy atom. The van der Waals surface area contributed by atoms with Crippen LogP contribution >= 0.6 is 0 Å². The van der Waals surface area contributed by atoms with Gasteiger partial charge in [-0.3, -0.25) is 0 Å². The van der Waals surface area contributed by atoms with E-state index in [2.05, 4.69) is 6.58 Å². The van der Waals surface area contributed by atoms with Crippen LogP contribution < -0.4 is 5.73 Å². The van der Waals surface area contributed by atoms with E-state index in [9.17, 15) is 0 Å². The highest BCUT2D eigenvalue weighted by Gasteiger charge is 2.39. The first-order valence-electron chi connectivity index (χ1n) is 4.58. The lowest BCUT2D eigenvalue weighted by Crippen LogP contribution is -2.47. The molecule has 0 aromatic carbocycles. The number of hydrogen-bond donors (Lipinski definition) is 1. The first-order valence-corrected chi connectivity index (χ1v) is 4.58. The van der Waals surface area contributed by atoms with Gasteiger partial charge in [0.25, 0.3) is 0 Å². The van der Waals surface area contributed by atoms with Gasteiger partial charge in [-0.1, -0.05) is 25.0 Å². The van der Waals surface area contributed by atoms with E-state index in [1.54, 1.807) is 7.11 Å². The molecule has 1 rings (SSSR count). The fraction of sp³-hybridized carbons (Fsp3) is 0.800. The van der Waals surface area contributed by atoms with Crippen molar-refractivity contribution < 1.29 is 4.74 Å². The summed E-state index contributed by atoms with van der Waals surface area (Å²) >= 11 is 0. The smallest absolute Gasteiger partial charge is 0.0866 e. The maximum Gasteiger partial charge on any atom is 0.0866 e. The van der Waals surface area contributed by atoms with Gasteiger partial charge in [-0.15, -0.1) is 0 Å². The van der Waals surface area contributed by atoms with E-state index >= 15 is 0 Å². The third-order valence-electron chi connectivity index (χ3n) is 2.95. The second-order valence-electron chi connectivity index (χ2n) is 3.80. The molecule has 2 N–H and O–H groups in total. The minimum atomic E-state index is -0.105. The van der Waals surface area contributed by atoms with Crippen molar-refractivity contribution >= 4 is 0 Å². The summed E-state index contributed by atoms with van der Waals surface area (Å²) in [4.78, 5) is 0. The van der Waals surface area contributed by atoms with E-state index in [1.807, 2.05) is 6.92 Å². The van der Waals surface area contributed by atoms with E-state index in [-0.39, 0.29) is 11.6 Å². The zero-order chi connectivity index (χ0) is 9.19. The molecular weight excluding hydrogens is 150 g/mol. The molecule has 0 aromatic heterocycles. The molecule has 1 saturated carbocycles. The Morgan fingerprint density at radius 1 is 1.50 bits per heavy atom. The maximum absolute atomic E-state index is 6.04. The second-order valence-corrected chi connectivity index (χ2v) is 3.80. The van der Waals surface area contributed by atoms with Crippen LogP contribution in [0, 0.1) is 0 Å². The minimum absolute atomic E-state index is 0.00463. The highest BCUT2D eigenvalue weighted by atomic mass is 16.5. The van der Waals surface area contributed by atoms with Crippen LogP contribution in [0.4, 0.5) is 0 Å². The molecule has 0 heterocycles. The lowest BCUT2D eigenvalue weighted by molar-refractivity contribution is -0.0165. The van der Waals surface area contributed by atoms with Gasteiger partial charge >= 0.3 is 0 Å². The first kappa shape index (κ1) is 9.75. The van der Waals surface area contributed by atoms with Gasteiger partial charge in [-0.05, 0) is 19.8 Å². The van der Waals surface area contributed by atoms with E-state index < -0.39 is 0 Å². The van der Waals surface area contributed by atoms with Crippen LogP contribution in [-0.4, -0.2) is 18.8 Å². The molecule has 2 heteroatoms. The van der Waals surface area contributed by atoms with Crippen molar-refractivity contribution in [1.29, 1.82) is 0 Å². The van der Waals surface area contributed by atoms with Crippen molar-refractivity contribution in [3.63, 3.8) is 0 Å². The quantitative estimate of drug-likeness (QED) is 0.654. The van der Waals surface area contributed by atoms with Crippen molar-refractivity contribution in [2.75, 3.05) is 7.11 Å². The van der Waals surface area contributed by atoms with Gasteiger partial charge in [-0.2, -0.15) is 0 Å². The van der Waals surface area contributed by atoms with Crippen LogP contribution in [0.15, 0.2) is 12.2 Å². The van der Waals surface area contributed by atoms with Gasteiger partial charge in [0.1, 0.15) is 0 Å². The molecule has 0 bridgehead atoms. The highest BCUT2D eigenvalue weighted by molar-refractivity contribution is 5.11. The Balaban J connectivity index is 2.71. The van der Waals surface area contributed by atoms with Crippen LogP contribution in [0.3, 0.4) is 0 Å². The Kier molecular flexibility index (Phi) is 2.91. The van der Waals surface area contributed by atoms with Crippen LogP contribution in [-0.2, 0) is 4.74 Å². The molecule has 1 fully saturated rings. The molecular formula is C10H19NO. The molecule has 0 aliphatic heterocycles. The number of hydrogen-bond acceptors (Lipinski definition) is 2. The molecule has 0 radical (unpaired) electrons. The number of methoxy groups -OCH3 is 1. The summed E-state index contributed by atoms with van der Waals surface area (Å²) in [5.74, 6) is 0. The maximum atomic E-state index is 6.04. The molecule has 1 unspecified atom stereocenters. The van der Waals surface area contributed by atoms with E-state index in [0.29, 0.717) is 0 Å². The van der Waals surface area contributed by atoms with Crippen molar-refractivity contribution in [1.82, 2.24) is 0 Å². The largest absolute Gasteiger partial charge is 0.376 e. The SMILES string of the molecule is C=C(C)C(N)C1(OC)CCCC1. The third kappa shape index (κ3) is 1.54. The summed E-state index contributed by atoms with van der Waals surface area (Å²) in [7, 11) is 1.76.